The Morgan fingerprint density at radius 2 is 2.03 bits per heavy atom. The van der Waals surface area contributed by atoms with Gasteiger partial charge in [0.05, 0.1) is 13.2 Å². The minimum absolute atomic E-state index is 0.271. The predicted molar refractivity (Wildman–Crippen MR) is 95.8 cm³/mol. The van der Waals surface area contributed by atoms with Crippen molar-refractivity contribution in [3.8, 4) is 5.75 Å². The monoisotopic (exact) mass is 405 g/mol. The van der Waals surface area contributed by atoms with Crippen LogP contribution in [-0.2, 0) is 14.4 Å². The summed E-state index contributed by atoms with van der Waals surface area (Å²) in [5, 5.41) is 21.4. The fourth-order valence-electron chi connectivity index (χ4n) is 3.40. The van der Waals surface area contributed by atoms with Crippen LogP contribution in [0.15, 0.2) is 52.2 Å². The first-order chi connectivity index (χ1) is 13.9. The van der Waals surface area contributed by atoms with Crippen LogP contribution >= 0.6 is 0 Å². The minimum Gasteiger partial charge on any atom is -0.484 e. The van der Waals surface area contributed by atoms with Gasteiger partial charge < -0.3 is 19.7 Å². The number of hydroxylamine groups is 2. The number of fused-ring (bicyclic) bond motifs is 2. The molecule has 1 amide bonds. The number of hydrogen-bond donors (Lipinski definition) is 3. The highest BCUT2D eigenvalue weighted by Crippen LogP contribution is 2.42. The predicted octanol–water partition coefficient (Wildman–Crippen LogP) is -1.62. The van der Waals surface area contributed by atoms with Gasteiger partial charge in [0.2, 0.25) is 0 Å². The number of carbonyl (C=O) groups excluding carboxylic acids is 1. The molecule has 4 atom stereocenters. The maximum atomic E-state index is 12.6. The molecule has 2 aromatic rings. The van der Waals surface area contributed by atoms with Crippen molar-refractivity contribution in [1.29, 1.82) is 0 Å². The second kappa shape index (κ2) is 7.44. The van der Waals surface area contributed by atoms with Gasteiger partial charge in [-0.3, -0.25) is 24.0 Å². The van der Waals surface area contributed by atoms with Crippen LogP contribution in [-0.4, -0.2) is 68.3 Å². The molecule has 3 N–H and O–H groups in total. The number of carbonyl (C=O) groups is 1. The molecule has 3 heterocycles. The second-order valence-corrected chi connectivity index (χ2v) is 6.80. The van der Waals surface area contributed by atoms with Crippen molar-refractivity contribution in [1.82, 2.24) is 14.6 Å². The fourth-order valence-corrected chi connectivity index (χ4v) is 3.40. The molecule has 4 rings (SSSR count). The first-order valence-electron chi connectivity index (χ1n) is 8.87. The average molecular weight is 405 g/mol. The van der Waals surface area contributed by atoms with Crippen molar-refractivity contribution >= 4 is 5.91 Å². The zero-order valence-electron chi connectivity index (χ0n) is 15.1. The third-order valence-corrected chi connectivity index (χ3v) is 4.92. The number of nitrogens with zero attached hydrogens (tertiary/aromatic N) is 2. The molecule has 0 saturated carbocycles. The summed E-state index contributed by atoms with van der Waals surface area (Å²) in [4.78, 5) is 43.6. The highest BCUT2D eigenvalue weighted by Gasteiger charge is 2.61. The van der Waals surface area contributed by atoms with Crippen molar-refractivity contribution in [2.75, 3.05) is 19.8 Å². The summed E-state index contributed by atoms with van der Waals surface area (Å²) in [5.74, 6) is -0.0618. The molecule has 2 aliphatic rings. The average Bonchev–Trinajstić information content (AvgIpc) is 2.88. The largest absolute Gasteiger partial charge is 0.484 e. The molecule has 154 valence electrons. The number of para-hydroxylation sites is 1. The number of H-pyrrole nitrogens is 1. The molecule has 0 unspecified atom stereocenters. The minimum atomic E-state index is -1.55. The quantitative estimate of drug-likeness (QED) is 0.539. The third-order valence-electron chi connectivity index (χ3n) is 4.92. The van der Waals surface area contributed by atoms with Crippen molar-refractivity contribution in [2.45, 2.75) is 24.0 Å². The number of nitrogens with one attached hydrogen (secondary N) is 1. The number of aromatic nitrogens is 2. The van der Waals surface area contributed by atoms with Gasteiger partial charge in [0.1, 0.15) is 17.5 Å². The smallest absolute Gasteiger partial charge is 0.330 e. The lowest BCUT2D eigenvalue weighted by Crippen LogP contribution is -2.61. The number of rotatable bonds is 5. The van der Waals surface area contributed by atoms with Crippen LogP contribution in [0.3, 0.4) is 0 Å². The molecule has 2 fully saturated rings. The first kappa shape index (κ1) is 19.3. The SMILES string of the molecule is O=C(COc1ccccc1)N1C[C@]2(CO)O[C@@H](n3ccc(=O)[nH]c3=O)[C@H](O1)[C@@H]2O. The standard InChI is InChI=1S/C18H19N3O8/c22-10-18-9-21(13(24)8-27-11-4-2-1-3-5-11)29-14(15(18)25)16(28-18)20-7-6-12(23)19-17(20)26/h1-7,14-16,22,25H,8-10H2,(H,19,23,26)/t14-,15+,16-,18-/m1/s1. The number of benzene rings is 1. The van der Waals surface area contributed by atoms with Crippen LogP contribution in [0.4, 0.5) is 0 Å². The molecule has 1 aromatic carbocycles. The van der Waals surface area contributed by atoms with Crippen LogP contribution in [0, 0.1) is 0 Å². The maximum absolute atomic E-state index is 12.6. The molecule has 2 saturated heterocycles. The van der Waals surface area contributed by atoms with Gasteiger partial charge in [-0.25, -0.2) is 9.86 Å². The summed E-state index contributed by atoms with van der Waals surface area (Å²) >= 11 is 0. The molecule has 11 heteroatoms. The van der Waals surface area contributed by atoms with E-state index in [0.717, 1.165) is 15.7 Å². The topological polar surface area (TPSA) is 143 Å². The van der Waals surface area contributed by atoms with E-state index >= 15 is 0 Å². The van der Waals surface area contributed by atoms with Crippen molar-refractivity contribution < 1.29 is 29.3 Å². The fraction of sp³-hybridized carbons (Fsp3) is 0.389. The summed E-state index contributed by atoms with van der Waals surface area (Å²) in [7, 11) is 0. The number of aromatic amines is 1. The van der Waals surface area contributed by atoms with Crippen molar-refractivity contribution in [3.05, 3.63) is 63.4 Å². The summed E-state index contributed by atoms with van der Waals surface area (Å²) in [6.45, 7) is -1.23. The molecular weight excluding hydrogens is 386 g/mol. The Bertz CT molecular complexity index is 1010. The van der Waals surface area contributed by atoms with E-state index in [1.54, 1.807) is 24.3 Å². The first-order valence-corrected chi connectivity index (χ1v) is 8.87. The Balaban J connectivity index is 1.55. The lowest BCUT2D eigenvalue weighted by Gasteiger charge is -2.39. The van der Waals surface area contributed by atoms with E-state index in [1.165, 1.54) is 6.20 Å². The van der Waals surface area contributed by atoms with E-state index in [9.17, 15) is 24.6 Å². The van der Waals surface area contributed by atoms with Crippen LogP contribution in [0.2, 0.25) is 0 Å². The van der Waals surface area contributed by atoms with Gasteiger partial charge in [0, 0.05) is 12.3 Å². The van der Waals surface area contributed by atoms with Crippen molar-refractivity contribution in [2.24, 2.45) is 0 Å². The number of amides is 1. The van der Waals surface area contributed by atoms with Crippen LogP contribution < -0.4 is 16.0 Å². The molecular formula is C18H19N3O8. The Labute approximate surface area is 163 Å². The normalized spacial score (nSPS) is 28.3. The zero-order valence-corrected chi connectivity index (χ0v) is 15.1. The van der Waals surface area contributed by atoms with Crippen LogP contribution in [0.5, 0.6) is 5.75 Å². The third kappa shape index (κ3) is 3.44. The summed E-state index contributed by atoms with van der Waals surface area (Å²) in [6.07, 6.45) is -2.44. The molecule has 29 heavy (non-hydrogen) atoms. The Hall–Kier alpha value is -2.99. The van der Waals surface area contributed by atoms with Gasteiger partial charge in [0.15, 0.2) is 18.9 Å². The lowest BCUT2D eigenvalue weighted by atomic mass is 9.94. The Kier molecular flexibility index (Phi) is 4.96. The molecule has 0 spiro atoms. The Morgan fingerprint density at radius 1 is 1.28 bits per heavy atom. The highest BCUT2D eigenvalue weighted by molar-refractivity contribution is 5.77. The molecule has 2 bridgehead atoms. The van der Waals surface area contributed by atoms with Gasteiger partial charge in [-0.2, -0.15) is 0 Å². The molecule has 1 aromatic heterocycles. The Morgan fingerprint density at radius 3 is 2.72 bits per heavy atom. The lowest BCUT2D eigenvalue weighted by molar-refractivity contribution is -0.260. The van der Waals surface area contributed by atoms with Gasteiger partial charge in [-0.1, -0.05) is 18.2 Å². The summed E-state index contributed by atoms with van der Waals surface area (Å²) in [6, 6.07) is 9.82. The highest BCUT2D eigenvalue weighted by atomic mass is 16.7. The van der Waals surface area contributed by atoms with E-state index in [1.807, 2.05) is 6.07 Å². The van der Waals surface area contributed by atoms with E-state index < -0.39 is 47.8 Å². The van der Waals surface area contributed by atoms with E-state index in [2.05, 4.69) is 4.98 Å². The van der Waals surface area contributed by atoms with Crippen LogP contribution in [0.25, 0.3) is 0 Å². The van der Waals surface area contributed by atoms with Gasteiger partial charge in [0.25, 0.3) is 11.5 Å². The van der Waals surface area contributed by atoms with Gasteiger partial charge in [-0.15, -0.1) is 0 Å². The molecule has 0 radical (unpaired) electrons. The maximum Gasteiger partial charge on any atom is 0.330 e. The van der Waals surface area contributed by atoms with Gasteiger partial charge >= 0.3 is 5.69 Å². The van der Waals surface area contributed by atoms with E-state index in [0.29, 0.717) is 5.75 Å². The zero-order chi connectivity index (χ0) is 20.6. The summed E-state index contributed by atoms with van der Waals surface area (Å²) < 4.78 is 12.2. The number of aliphatic hydroxyl groups excluding tert-OH is 2. The number of aliphatic hydroxyl groups is 2. The molecule has 0 aliphatic carbocycles. The number of hydrogen-bond acceptors (Lipinski definition) is 8. The van der Waals surface area contributed by atoms with Crippen molar-refractivity contribution in [3.63, 3.8) is 0 Å². The number of ether oxygens (including phenoxy) is 2. The summed E-state index contributed by atoms with van der Waals surface area (Å²) in [5.41, 5.74) is -2.92. The molecule has 2 aliphatic heterocycles. The van der Waals surface area contributed by atoms with Crippen LogP contribution in [0.1, 0.15) is 6.23 Å². The van der Waals surface area contributed by atoms with Gasteiger partial charge in [-0.05, 0) is 12.1 Å². The molecule has 11 nitrogen and oxygen atoms in total. The van der Waals surface area contributed by atoms with E-state index in [-0.39, 0.29) is 13.2 Å². The second-order valence-electron chi connectivity index (χ2n) is 6.80. The van der Waals surface area contributed by atoms with E-state index in [4.69, 9.17) is 14.3 Å².